The number of halogens is 1. The Morgan fingerprint density at radius 2 is 1.70 bits per heavy atom. The molecular formula is C31H28FN7O4S. The van der Waals surface area contributed by atoms with Crippen molar-refractivity contribution in [2.24, 2.45) is 17.8 Å². The first-order valence-corrected chi connectivity index (χ1v) is 15.8. The van der Waals surface area contributed by atoms with Crippen LogP contribution in [0.1, 0.15) is 31.2 Å². The van der Waals surface area contributed by atoms with Crippen LogP contribution >= 0.6 is 0 Å². The van der Waals surface area contributed by atoms with Gasteiger partial charge < -0.3 is 10.4 Å². The van der Waals surface area contributed by atoms with E-state index >= 15 is 0 Å². The van der Waals surface area contributed by atoms with Crippen LogP contribution in [0.3, 0.4) is 0 Å². The molecule has 0 spiro atoms. The molecule has 3 saturated carbocycles. The van der Waals surface area contributed by atoms with Crippen molar-refractivity contribution in [1.82, 2.24) is 28.9 Å². The van der Waals surface area contributed by atoms with Crippen molar-refractivity contribution >= 4 is 32.8 Å². The number of anilines is 1. The topological polar surface area (TPSA) is 153 Å². The molecule has 224 valence electrons. The Hall–Kier alpha value is -4.78. The number of rotatable bonds is 7. The molecule has 8 rings (SSSR count). The Labute approximate surface area is 252 Å². The van der Waals surface area contributed by atoms with E-state index in [4.69, 9.17) is 9.97 Å². The highest BCUT2D eigenvalue weighted by molar-refractivity contribution is 7.90. The van der Waals surface area contributed by atoms with Crippen LogP contribution in [0.5, 0.6) is 0 Å². The minimum absolute atomic E-state index is 0.0177. The molecule has 5 aromatic rings. The standard InChI is InChI=1S/C31H28FN7O4S/c1-17-2-8-22(9-3-17)44(42,43)39-15-24(23-10-21(32)14-35-30(23)39)29-36-25(20-12-33-16-34-13-20)11-26(38-29)37-28-19-6-4-18(5-7-19)27(28)31(40)41/h2-3,8-16,18-19,27-28H,4-7H2,1H3,(H,40,41)(H,36,37,38). The summed E-state index contributed by atoms with van der Waals surface area (Å²) in [4.78, 5) is 34.2. The molecule has 11 nitrogen and oxygen atoms in total. The first-order valence-electron chi connectivity index (χ1n) is 14.3. The molecule has 2 N–H and O–H groups in total. The molecule has 0 aliphatic heterocycles. The Morgan fingerprint density at radius 3 is 2.41 bits per heavy atom. The minimum atomic E-state index is -4.12. The second-order valence-electron chi connectivity index (χ2n) is 11.5. The predicted molar refractivity (Wildman–Crippen MR) is 159 cm³/mol. The average Bonchev–Trinajstić information content (AvgIpc) is 3.41. The minimum Gasteiger partial charge on any atom is -0.481 e. The fraction of sp³-hybridized carbons (Fsp3) is 0.290. The number of pyridine rings is 1. The molecule has 0 amide bonds. The number of carboxylic acids is 1. The van der Waals surface area contributed by atoms with Crippen LogP contribution in [0.2, 0.25) is 0 Å². The molecule has 3 aliphatic carbocycles. The molecule has 3 fully saturated rings. The van der Waals surface area contributed by atoms with E-state index in [1.807, 2.05) is 6.92 Å². The Balaban J connectivity index is 1.40. The van der Waals surface area contributed by atoms with Gasteiger partial charge in [-0.25, -0.2) is 41.7 Å². The molecule has 3 aliphatic rings. The number of carbonyl (C=O) groups is 1. The van der Waals surface area contributed by atoms with Gasteiger partial charge in [0.15, 0.2) is 11.5 Å². The van der Waals surface area contributed by atoms with Crippen LogP contribution < -0.4 is 5.32 Å². The maximum atomic E-state index is 14.6. The quantitative estimate of drug-likeness (QED) is 0.258. The third kappa shape index (κ3) is 4.86. The molecule has 2 atom stereocenters. The number of nitrogens with zero attached hydrogens (tertiary/aromatic N) is 6. The van der Waals surface area contributed by atoms with Crippen LogP contribution in [-0.2, 0) is 14.8 Å². The lowest BCUT2D eigenvalue weighted by Crippen LogP contribution is -2.51. The summed E-state index contributed by atoms with van der Waals surface area (Å²) in [5.41, 5.74) is 2.15. The molecular weight excluding hydrogens is 585 g/mol. The molecule has 2 bridgehead atoms. The summed E-state index contributed by atoms with van der Waals surface area (Å²) in [6.07, 6.45) is 10.5. The van der Waals surface area contributed by atoms with E-state index in [1.165, 1.54) is 30.7 Å². The van der Waals surface area contributed by atoms with Crippen molar-refractivity contribution in [3.8, 4) is 22.6 Å². The van der Waals surface area contributed by atoms with Gasteiger partial charge in [-0.3, -0.25) is 4.79 Å². The molecule has 4 aromatic heterocycles. The van der Waals surface area contributed by atoms with Crippen LogP contribution in [0.25, 0.3) is 33.7 Å². The average molecular weight is 614 g/mol. The highest BCUT2D eigenvalue weighted by atomic mass is 32.2. The molecule has 4 heterocycles. The van der Waals surface area contributed by atoms with E-state index in [0.717, 1.165) is 41.4 Å². The lowest BCUT2D eigenvalue weighted by atomic mass is 9.61. The Bertz CT molecular complexity index is 1990. The monoisotopic (exact) mass is 613 g/mol. The smallest absolute Gasteiger partial charge is 0.308 e. The molecule has 0 saturated heterocycles. The molecule has 44 heavy (non-hydrogen) atoms. The molecule has 1 aromatic carbocycles. The summed E-state index contributed by atoms with van der Waals surface area (Å²) in [6, 6.07) is 8.96. The van der Waals surface area contributed by atoms with Crippen molar-refractivity contribution < 1.29 is 22.7 Å². The molecule has 0 radical (unpaired) electrons. The van der Waals surface area contributed by atoms with Gasteiger partial charge in [-0.15, -0.1) is 0 Å². The van der Waals surface area contributed by atoms with E-state index in [-0.39, 0.29) is 45.2 Å². The maximum absolute atomic E-state index is 14.6. The van der Waals surface area contributed by atoms with Gasteiger partial charge in [0, 0.05) is 47.2 Å². The zero-order valence-corrected chi connectivity index (χ0v) is 24.4. The SMILES string of the molecule is Cc1ccc(S(=O)(=O)n2cc(-c3nc(NC4C5CCC(CC5)C4C(=O)O)cc(-c4cncnc4)n3)c3cc(F)cnc32)cc1. The molecule has 13 heteroatoms. The zero-order chi connectivity index (χ0) is 30.6. The van der Waals surface area contributed by atoms with Gasteiger partial charge in [0.05, 0.1) is 22.7 Å². The van der Waals surface area contributed by atoms with Crippen LogP contribution in [0.4, 0.5) is 10.2 Å². The predicted octanol–water partition coefficient (Wildman–Crippen LogP) is 4.94. The lowest BCUT2D eigenvalue weighted by Gasteiger charge is -2.47. The van der Waals surface area contributed by atoms with E-state index in [2.05, 4.69) is 20.3 Å². The summed E-state index contributed by atoms with van der Waals surface area (Å²) < 4.78 is 43.2. The molecule has 2 unspecified atom stereocenters. The highest BCUT2D eigenvalue weighted by Crippen LogP contribution is 2.46. The van der Waals surface area contributed by atoms with Crippen molar-refractivity contribution in [2.45, 2.75) is 43.5 Å². The fourth-order valence-electron chi connectivity index (χ4n) is 6.64. The second-order valence-corrected chi connectivity index (χ2v) is 13.3. The van der Waals surface area contributed by atoms with E-state index in [0.29, 0.717) is 17.1 Å². The van der Waals surface area contributed by atoms with Gasteiger partial charge in [0.1, 0.15) is 18.0 Å². The van der Waals surface area contributed by atoms with E-state index < -0.39 is 27.7 Å². The van der Waals surface area contributed by atoms with Crippen molar-refractivity contribution in [3.05, 3.63) is 78.9 Å². The van der Waals surface area contributed by atoms with Gasteiger partial charge in [-0.1, -0.05) is 17.7 Å². The van der Waals surface area contributed by atoms with Gasteiger partial charge in [0.2, 0.25) is 0 Å². The normalized spacial score (nSPS) is 21.4. The third-order valence-corrected chi connectivity index (χ3v) is 10.5. The highest BCUT2D eigenvalue weighted by Gasteiger charge is 2.47. The number of hydrogen-bond donors (Lipinski definition) is 2. The van der Waals surface area contributed by atoms with Crippen molar-refractivity contribution in [1.29, 1.82) is 0 Å². The third-order valence-electron chi connectivity index (χ3n) is 8.80. The van der Waals surface area contributed by atoms with Crippen LogP contribution in [0.15, 0.2) is 72.4 Å². The van der Waals surface area contributed by atoms with Crippen LogP contribution in [-0.4, -0.2) is 54.4 Å². The van der Waals surface area contributed by atoms with E-state index in [9.17, 15) is 22.7 Å². The summed E-state index contributed by atoms with van der Waals surface area (Å²) in [5.74, 6) is -1.34. The largest absolute Gasteiger partial charge is 0.481 e. The van der Waals surface area contributed by atoms with Gasteiger partial charge in [-0.2, -0.15) is 0 Å². The van der Waals surface area contributed by atoms with Gasteiger partial charge in [-0.05, 0) is 62.6 Å². The zero-order valence-electron chi connectivity index (χ0n) is 23.6. The summed E-state index contributed by atoms with van der Waals surface area (Å²) in [6.45, 7) is 1.86. The number of carboxylic acid groups (broad SMARTS) is 1. The maximum Gasteiger partial charge on any atom is 0.308 e. The Morgan fingerprint density at radius 1 is 1.00 bits per heavy atom. The number of aryl methyl sites for hydroxylation is 1. The first-order chi connectivity index (χ1) is 21.2. The van der Waals surface area contributed by atoms with Crippen LogP contribution in [0, 0.1) is 30.5 Å². The van der Waals surface area contributed by atoms with Crippen molar-refractivity contribution in [2.75, 3.05) is 5.32 Å². The summed E-state index contributed by atoms with van der Waals surface area (Å²) in [7, 11) is -4.12. The first kappa shape index (κ1) is 28.0. The summed E-state index contributed by atoms with van der Waals surface area (Å²) in [5, 5.41) is 13.7. The van der Waals surface area contributed by atoms with Gasteiger partial charge >= 0.3 is 5.97 Å². The Kier molecular flexibility index (Phi) is 6.84. The van der Waals surface area contributed by atoms with Crippen molar-refractivity contribution in [3.63, 3.8) is 0 Å². The number of nitrogens with one attached hydrogen (secondary N) is 1. The fourth-order valence-corrected chi connectivity index (χ4v) is 7.97. The number of hydrogen-bond acceptors (Lipinski definition) is 9. The van der Waals surface area contributed by atoms with E-state index in [1.54, 1.807) is 30.6 Å². The van der Waals surface area contributed by atoms with Gasteiger partial charge in [0.25, 0.3) is 10.0 Å². The second kappa shape index (κ2) is 10.7. The number of aliphatic carboxylic acids is 1. The lowest BCUT2D eigenvalue weighted by molar-refractivity contribution is -0.148. The number of benzene rings is 1. The number of fused-ring (bicyclic) bond motifs is 4. The summed E-state index contributed by atoms with van der Waals surface area (Å²) >= 11 is 0. The number of aromatic nitrogens is 6.